The summed E-state index contributed by atoms with van der Waals surface area (Å²) in [5.41, 5.74) is -0.417. The molecular formula is C19H26N2O5. The summed E-state index contributed by atoms with van der Waals surface area (Å²) < 4.78 is 15.8. The van der Waals surface area contributed by atoms with Gasteiger partial charge in [-0.1, -0.05) is 6.07 Å². The molecule has 0 aliphatic carbocycles. The third-order valence-corrected chi connectivity index (χ3v) is 5.28. The molecule has 2 fully saturated rings. The molecule has 0 bridgehead atoms. The summed E-state index contributed by atoms with van der Waals surface area (Å²) in [7, 11) is 3.22. The van der Waals surface area contributed by atoms with Crippen LogP contribution >= 0.6 is 0 Å². The summed E-state index contributed by atoms with van der Waals surface area (Å²) in [6.07, 6.45) is 1.52. The Kier molecular flexibility index (Phi) is 5.66. The molecule has 7 heteroatoms. The zero-order valence-corrected chi connectivity index (χ0v) is 15.4. The van der Waals surface area contributed by atoms with E-state index >= 15 is 0 Å². The molecule has 1 atom stereocenters. The Hall–Kier alpha value is -2.28. The van der Waals surface area contributed by atoms with Crippen molar-refractivity contribution in [1.82, 2.24) is 9.80 Å². The number of nitrogens with zero attached hydrogens (tertiary/aromatic N) is 2. The fraction of sp³-hybridized carbons (Fsp3) is 0.579. The second-order valence-electron chi connectivity index (χ2n) is 6.85. The van der Waals surface area contributed by atoms with Crippen LogP contribution in [0.15, 0.2) is 24.3 Å². The first-order valence-corrected chi connectivity index (χ1v) is 8.91. The number of amides is 2. The minimum absolute atomic E-state index is 0.0369. The second kappa shape index (κ2) is 7.95. The molecule has 3 rings (SSSR count). The third-order valence-electron chi connectivity index (χ3n) is 5.28. The van der Waals surface area contributed by atoms with Crippen LogP contribution in [0.4, 0.5) is 0 Å². The first-order valence-electron chi connectivity index (χ1n) is 8.91. The van der Waals surface area contributed by atoms with Crippen molar-refractivity contribution in [1.29, 1.82) is 0 Å². The van der Waals surface area contributed by atoms with Crippen LogP contribution < -0.4 is 9.47 Å². The van der Waals surface area contributed by atoms with Crippen LogP contribution in [-0.2, 0) is 14.3 Å². The molecule has 1 aromatic rings. The van der Waals surface area contributed by atoms with E-state index in [1.807, 2.05) is 17.0 Å². The average molecular weight is 362 g/mol. The molecule has 1 spiro atoms. The van der Waals surface area contributed by atoms with Gasteiger partial charge in [0.2, 0.25) is 5.91 Å². The topological polar surface area (TPSA) is 68.3 Å². The minimum atomic E-state index is -0.417. The zero-order chi connectivity index (χ0) is 18.6. The maximum Gasteiger partial charge on any atom is 0.260 e. The molecule has 142 valence electrons. The highest BCUT2D eigenvalue weighted by Gasteiger charge is 2.51. The summed E-state index contributed by atoms with van der Waals surface area (Å²) in [6, 6.07) is 7.16. The van der Waals surface area contributed by atoms with Crippen LogP contribution in [0.5, 0.6) is 11.5 Å². The van der Waals surface area contributed by atoms with Gasteiger partial charge in [0.1, 0.15) is 11.5 Å². The maximum atomic E-state index is 12.7. The SMILES string of the molecule is COCCN1CCC2(CCN(C(=O)COc3cccc(OC)c3)C2)C1=O. The number of methoxy groups -OCH3 is 2. The van der Waals surface area contributed by atoms with E-state index in [0.717, 1.165) is 19.4 Å². The molecule has 1 aromatic carbocycles. The van der Waals surface area contributed by atoms with Crippen molar-refractivity contribution in [2.24, 2.45) is 5.41 Å². The second-order valence-corrected chi connectivity index (χ2v) is 6.85. The Morgan fingerprint density at radius 2 is 1.96 bits per heavy atom. The van der Waals surface area contributed by atoms with Gasteiger partial charge in [0.25, 0.3) is 5.91 Å². The van der Waals surface area contributed by atoms with Crippen molar-refractivity contribution < 1.29 is 23.8 Å². The lowest BCUT2D eigenvalue weighted by atomic mass is 9.85. The van der Waals surface area contributed by atoms with Gasteiger partial charge in [0.15, 0.2) is 6.61 Å². The standard InChI is InChI=1S/C19H26N2O5/c1-24-11-10-20-8-6-19(18(20)23)7-9-21(14-19)17(22)13-26-16-5-3-4-15(12-16)25-2/h3-5,12H,6-11,13-14H2,1-2H3. The summed E-state index contributed by atoms with van der Waals surface area (Å²) in [5, 5.41) is 0. The van der Waals surface area contributed by atoms with Crippen LogP contribution in [0, 0.1) is 5.41 Å². The molecule has 0 N–H and O–H groups in total. The van der Waals surface area contributed by atoms with Gasteiger partial charge in [-0.3, -0.25) is 9.59 Å². The molecule has 2 saturated heterocycles. The summed E-state index contributed by atoms with van der Waals surface area (Å²) >= 11 is 0. The predicted octanol–water partition coefficient (Wildman–Crippen LogP) is 1.17. The molecule has 1 unspecified atom stereocenters. The van der Waals surface area contributed by atoms with Crippen LogP contribution in [-0.4, -0.2) is 75.2 Å². The Bertz CT molecular complexity index is 665. The molecule has 2 amide bonds. The lowest BCUT2D eigenvalue weighted by Gasteiger charge is -2.23. The van der Waals surface area contributed by atoms with Gasteiger partial charge in [-0.05, 0) is 25.0 Å². The normalized spacial score (nSPS) is 22.3. The molecule has 0 radical (unpaired) electrons. The van der Waals surface area contributed by atoms with Gasteiger partial charge in [0, 0.05) is 39.4 Å². The van der Waals surface area contributed by atoms with Crippen molar-refractivity contribution in [2.45, 2.75) is 12.8 Å². The number of ether oxygens (including phenoxy) is 3. The van der Waals surface area contributed by atoms with Gasteiger partial charge in [-0.15, -0.1) is 0 Å². The lowest BCUT2D eigenvalue weighted by Crippen LogP contribution is -2.40. The number of carbonyl (C=O) groups is 2. The minimum Gasteiger partial charge on any atom is -0.497 e. The molecule has 0 aromatic heterocycles. The molecule has 2 heterocycles. The largest absolute Gasteiger partial charge is 0.497 e. The zero-order valence-electron chi connectivity index (χ0n) is 15.4. The molecule has 0 saturated carbocycles. The maximum absolute atomic E-state index is 12.7. The number of likely N-dealkylation sites (tertiary alicyclic amines) is 2. The first kappa shape index (κ1) is 18.5. The van der Waals surface area contributed by atoms with Crippen molar-refractivity contribution in [3.05, 3.63) is 24.3 Å². The van der Waals surface area contributed by atoms with Gasteiger partial charge in [0.05, 0.1) is 19.1 Å². The Morgan fingerprint density at radius 1 is 1.19 bits per heavy atom. The van der Waals surface area contributed by atoms with Crippen LogP contribution in [0.1, 0.15) is 12.8 Å². The molecule has 2 aliphatic rings. The van der Waals surface area contributed by atoms with Gasteiger partial charge in [-0.25, -0.2) is 0 Å². The third kappa shape index (κ3) is 3.77. The van der Waals surface area contributed by atoms with Crippen LogP contribution in [0.25, 0.3) is 0 Å². The highest BCUT2D eigenvalue weighted by Crippen LogP contribution is 2.40. The van der Waals surface area contributed by atoms with E-state index in [1.54, 1.807) is 31.3 Å². The monoisotopic (exact) mass is 362 g/mol. The number of hydrogen-bond donors (Lipinski definition) is 0. The Labute approximate surface area is 153 Å². The fourth-order valence-corrected chi connectivity index (χ4v) is 3.70. The van der Waals surface area contributed by atoms with E-state index < -0.39 is 5.41 Å². The molecular weight excluding hydrogens is 336 g/mol. The predicted molar refractivity (Wildman–Crippen MR) is 95.2 cm³/mol. The molecule has 26 heavy (non-hydrogen) atoms. The summed E-state index contributed by atoms with van der Waals surface area (Å²) in [4.78, 5) is 28.8. The van der Waals surface area contributed by atoms with E-state index in [1.165, 1.54) is 0 Å². The Morgan fingerprint density at radius 3 is 2.73 bits per heavy atom. The molecule has 7 nitrogen and oxygen atoms in total. The highest BCUT2D eigenvalue weighted by atomic mass is 16.5. The first-order chi connectivity index (χ1) is 12.6. The molecule has 2 aliphatic heterocycles. The van der Waals surface area contributed by atoms with E-state index in [0.29, 0.717) is 37.7 Å². The Balaban J connectivity index is 1.53. The number of rotatable bonds is 7. The quantitative estimate of drug-likeness (QED) is 0.728. The van der Waals surface area contributed by atoms with Gasteiger partial charge in [-0.2, -0.15) is 0 Å². The highest BCUT2D eigenvalue weighted by molar-refractivity contribution is 5.87. The van der Waals surface area contributed by atoms with Crippen molar-refractivity contribution >= 4 is 11.8 Å². The number of benzene rings is 1. The van der Waals surface area contributed by atoms with Gasteiger partial charge >= 0.3 is 0 Å². The van der Waals surface area contributed by atoms with E-state index in [9.17, 15) is 9.59 Å². The fourth-order valence-electron chi connectivity index (χ4n) is 3.70. The van der Waals surface area contributed by atoms with E-state index in [-0.39, 0.29) is 18.4 Å². The smallest absolute Gasteiger partial charge is 0.260 e. The number of hydrogen-bond acceptors (Lipinski definition) is 5. The van der Waals surface area contributed by atoms with Crippen molar-refractivity contribution in [3.63, 3.8) is 0 Å². The van der Waals surface area contributed by atoms with Crippen molar-refractivity contribution in [2.75, 3.05) is 53.6 Å². The average Bonchev–Trinajstić information content (AvgIpc) is 3.24. The van der Waals surface area contributed by atoms with Crippen molar-refractivity contribution in [3.8, 4) is 11.5 Å². The van der Waals surface area contributed by atoms with E-state index in [4.69, 9.17) is 14.2 Å². The van der Waals surface area contributed by atoms with Gasteiger partial charge < -0.3 is 24.0 Å². The number of carbonyl (C=O) groups excluding carboxylic acids is 2. The van der Waals surface area contributed by atoms with Crippen LogP contribution in [0.2, 0.25) is 0 Å². The van der Waals surface area contributed by atoms with E-state index in [2.05, 4.69) is 0 Å². The van der Waals surface area contributed by atoms with Crippen LogP contribution in [0.3, 0.4) is 0 Å². The summed E-state index contributed by atoms with van der Waals surface area (Å²) in [6.45, 7) is 2.94. The summed E-state index contributed by atoms with van der Waals surface area (Å²) in [5.74, 6) is 1.34. The lowest BCUT2D eigenvalue weighted by molar-refractivity contribution is -0.137.